The fourth-order valence-electron chi connectivity index (χ4n) is 7.55. The largest absolute Gasteiger partial charge is 0.471 e. The number of carbonyl (C=O) groups excluding carboxylic acids is 4. The van der Waals surface area contributed by atoms with Gasteiger partial charge in [0.05, 0.1) is 34.7 Å². The van der Waals surface area contributed by atoms with Gasteiger partial charge in [-0.25, -0.2) is 22.8 Å². The van der Waals surface area contributed by atoms with Gasteiger partial charge in [0.15, 0.2) is 11.6 Å². The summed E-state index contributed by atoms with van der Waals surface area (Å²) >= 11 is 0. The molecule has 2 saturated carbocycles. The van der Waals surface area contributed by atoms with Crippen molar-refractivity contribution in [1.29, 1.82) is 0 Å². The number of halogens is 1. The minimum absolute atomic E-state index is 0.0184. The molecule has 1 saturated heterocycles. The lowest BCUT2D eigenvalue weighted by atomic mass is 9.90. The van der Waals surface area contributed by atoms with Crippen molar-refractivity contribution in [3.8, 4) is 5.88 Å². The summed E-state index contributed by atoms with van der Waals surface area (Å²) in [5.74, 6) is -3.59. The molecule has 2 aromatic rings. The summed E-state index contributed by atoms with van der Waals surface area (Å²) in [6.07, 6.45) is 7.79. The molecule has 0 radical (unpaired) electrons. The van der Waals surface area contributed by atoms with Crippen LogP contribution in [-0.2, 0) is 40.4 Å². The third kappa shape index (κ3) is 8.42. The van der Waals surface area contributed by atoms with Gasteiger partial charge in [-0.15, -0.1) is 0 Å². The molecule has 3 heterocycles. The van der Waals surface area contributed by atoms with Gasteiger partial charge in [-0.05, 0) is 90.7 Å². The van der Waals surface area contributed by atoms with E-state index in [9.17, 15) is 32.0 Å². The van der Waals surface area contributed by atoms with Gasteiger partial charge in [-0.3, -0.25) is 23.9 Å². The van der Waals surface area contributed by atoms with Crippen LogP contribution in [0.4, 0.5) is 4.39 Å². The summed E-state index contributed by atoms with van der Waals surface area (Å²) in [6, 6.07) is 3.46. The number of nitrogens with one attached hydrogen (secondary N) is 1. The van der Waals surface area contributed by atoms with Gasteiger partial charge in [-0.1, -0.05) is 38.0 Å². The van der Waals surface area contributed by atoms with E-state index in [1.807, 2.05) is 19.1 Å². The molecule has 4 aliphatic rings. The number of benzene rings is 1. The maximum Gasteiger partial charge on any atom is 0.307 e. The fourth-order valence-corrected chi connectivity index (χ4v) is 8.88. The number of aryl methyl sites for hydroxylation is 1. The molecule has 0 bridgehead atoms. The summed E-state index contributed by atoms with van der Waals surface area (Å²) in [4.78, 5) is 66.4. The van der Waals surface area contributed by atoms with Crippen LogP contribution in [0.3, 0.4) is 0 Å². The van der Waals surface area contributed by atoms with Crippen molar-refractivity contribution in [1.82, 2.24) is 19.6 Å². The molecule has 3 fully saturated rings. The monoisotopic (exact) mass is 754 g/mol. The molecular weight excluding hydrogens is 704 g/mol. The Hall–Kier alpha value is -3.94. The van der Waals surface area contributed by atoms with E-state index in [0.29, 0.717) is 49.7 Å². The lowest BCUT2D eigenvalue weighted by Crippen LogP contribution is -2.47. The number of esters is 1. The van der Waals surface area contributed by atoms with Crippen LogP contribution in [0.5, 0.6) is 5.88 Å². The number of amides is 2. The van der Waals surface area contributed by atoms with Crippen LogP contribution in [0.1, 0.15) is 111 Å². The number of hydrogen-bond acceptors (Lipinski definition) is 10. The smallest absolute Gasteiger partial charge is 0.307 e. The van der Waals surface area contributed by atoms with Crippen LogP contribution in [0, 0.1) is 23.1 Å². The molecule has 2 aliphatic carbocycles. The zero-order valence-electron chi connectivity index (χ0n) is 31.3. The number of ketones is 1. The second kappa shape index (κ2) is 14.7. The highest BCUT2D eigenvalue weighted by molar-refractivity contribution is 7.91. The predicted molar refractivity (Wildman–Crippen MR) is 194 cm³/mol. The van der Waals surface area contributed by atoms with E-state index in [0.717, 1.165) is 19.3 Å². The Balaban J connectivity index is 1.32. The molecule has 5 atom stereocenters. The first-order chi connectivity index (χ1) is 24.9. The Morgan fingerprint density at radius 1 is 1.11 bits per heavy atom. The van der Waals surface area contributed by atoms with Crippen LogP contribution in [0.15, 0.2) is 30.4 Å². The third-order valence-electron chi connectivity index (χ3n) is 11.1. The van der Waals surface area contributed by atoms with E-state index in [-0.39, 0.29) is 43.1 Å². The Morgan fingerprint density at radius 2 is 1.87 bits per heavy atom. The summed E-state index contributed by atoms with van der Waals surface area (Å²) in [5.41, 5.74) is -1.14. The predicted octanol–water partition coefficient (Wildman–Crippen LogP) is 5.51. The van der Waals surface area contributed by atoms with Gasteiger partial charge in [0, 0.05) is 18.8 Å². The second-order valence-corrected chi connectivity index (χ2v) is 18.7. The van der Waals surface area contributed by atoms with Crippen molar-refractivity contribution in [2.75, 3.05) is 6.54 Å². The molecule has 6 rings (SSSR count). The van der Waals surface area contributed by atoms with Crippen LogP contribution >= 0.6 is 0 Å². The molecular formula is C39H51FN4O8S. The fraction of sp³-hybridized carbons (Fsp3) is 0.641. The molecule has 53 heavy (non-hydrogen) atoms. The molecule has 2 amide bonds. The van der Waals surface area contributed by atoms with E-state index >= 15 is 0 Å². The molecule has 1 aromatic carbocycles. The van der Waals surface area contributed by atoms with Crippen molar-refractivity contribution in [3.63, 3.8) is 0 Å². The Morgan fingerprint density at radius 3 is 2.57 bits per heavy atom. The SMILES string of the molecule is CCc1nc2cccc(F)c2nc1O[C@@H]1C[C@H]2C(=O)C[C@]3(C(=O)NS(=O)(=O)C4(C)CC4)C[C@H]3/C=C\CCCCC[C@H](CC(=O)OC(C)(C)C)C(=O)N2C1. The molecule has 12 nitrogen and oxygen atoms in total. The highest BCUT2D eigenvalue weighted by Gasteiger charge is 2.62. The van der Waals surface area contributed by atoms with Gasteiger partial charge in [0.2, 0.25) is 27.7 Å². The van der Waals surface area contributed by atoms with Gasteiger partial charge in [0.1, 0.15) is 22.9 Å². The molecule has 1 N–H and O–H groups in total. The lowest BCUT2D eigenvalue weighted by molar-refractivity contribution is -0.159. The van der Waals surface area contributed by atoms with Gasteiger partial charge < -0.3 is 14.4 Å². The van der Waals surface area contributed by atoms with Crippen molar-refractivity contribution in [3.05, 3.63) is 41.9 Å². The summed E-state index contributed by atoms with van der Waals surface area (Å²) in [6.45, 7) is 8.72. The molecule has 14 heteroatoms. The van der Waals surface area contributed by atoms with E-state index < -0.39 is 73.2 Å². The normalized spacial score (nSPS) is 28.2. The maximum absolute atomic E-state index is 14.8. The average molecular weight is 755 g/mol. The first kappa shape index (κ1) is 38.8. The van der Waals surface area contributed by atoms with Crippen LogP contribution in [-0.4, -0.2) is 75.9 Å². The highest BCUT2D eigenvalue weighted by atomic mass is 32.2. The van der Waals surface area contributed by atoms with Crippen molar-refractivity contribution in [2.24, 2.45) is 17.3 Å². The number of hydrogen-bond donors (Lipinski definition) is 1. The number of allylic oxidation sites excluding steroid dienone is 2. The minimum atomic E-state index is -3.96. The summed E-state index contributed by atoms with van der Waals surface area (Å²) < 4.78 is 54.3. The standard InChI is InChI=1S/C39H51FN4O8S/c1-6-28-34(42-33-27(40)15-12-16-29(33)41-28)51-26-20-30-31(45)22-39(36(48)43-53(49,50)38(5)17-18-38)21-25(39)14-11-9-7-8-10-13-24(35(47)44(30)23-26)19-32(46)52-37(2,3)4/h11-12,14-16,24-26,30H,6-10,13,17-23H2,1-5H3,(H,43,48)/b14-11-/t24-,25-,26-,30+,39-/m1/s1. The Labute approximate surface area is 310 Å². The maximum atomic E-state index is 14.8. The summed E-state index contributed by atoms with van der Waals surface area (Å²) in [7, 11) is -3.96. The Bertz CT molecular complexity index is 1920. The zero-order valence-corrected chi connectivity index (χ0v) is 32.1. The molecule has 288 valence electrons. The van der Waals surface area contributed by atoms with E-state index in [1.165, 1.54) is 11.0 Å². The molecule has 0 spiro atoms. The Kier molecular flexibility index (Phi) is 10.8. The van der Waals surface area contributed by atoms with Gasteiger partial charge in [0.25, 0.3) is 0 Å². The molecule has 2 aliphatic heterocycles. The van der Waals surface area contributed by atoms with Crippen LogP contribution in [0.25, 0.3) is 11.0 Å². The number of Topliss-reactive ketones (excluding diaryl/α,β-unsaturated/α-hetero) is 1. The molecule has 0 unspecified atom stereocenters. The number of rotatable bonds is 8. The first-order valence-electron chi connectivity index (χ1n) is 18.9. The van der Waals surface area contributed by atoms with Crippen molar-refractivity contribution in [2.45, 2.75) is 134 Å². The van der Waals surface area contributed by atoms with E-state index in [1.54, 1.807) is 39.8 Å². The van der Waals surface area contributed by atoms with Crippen LogP contribution < -0.4 is 9.46 Å². The number of para-hydroxylation sites is 1. The van der Waals surface area contributed by atoms with Crippen LogP contribution in [0.2, 0.25) is 0 Å². The number of carbonyl (C=O) groups is 4. The highest BCUT2D eigenvalue weighted by Crippen LogP contribution is 2.57. The number of nitrogens with zero attached hydrogens (tertiary/aromatic N) is 3. The number of ether oxygens (including phenoxy) is 2. The van der Waals surface area contributed by atoms with E-state index in [4.69, 9.17) is 9.47 Å². The minimum Gasteiger partial charge on any atom is -0.471 e. The lowest BCUT2D eigenvalue weighted by Gasteiger charge is -2.29. The number of fused-ring (bicyclic) bond motifs is 3. The second-order valence-electron chi connectivity index (χ2n) is 16.5. The quantitative estimate of drug-likeness (QED) is 0.269. The van der Waals surface area contributed by atoms with Crippen molar-refractivity contribution < 1.29 is 41.5 Å². The van der Waals surface area contributed by atoms with E-state index in [2.05, 4.69) is 14.7 Å². The average Bonchev–Trinajstić information content (AvgIpc) is 3.96. The van der Waals surface area contributed by atoms with Crippen molar-refractivity contribution >= 4 is 44.6 Å². The first-order valence-corrected chi connectivity index (χ1v) is 20.3. The number of sulfonamides is 1. The van der Waals surface area contributed by atoms with Gasteiger partial charge >= 0.3 is 5.97 Å². The zero-order chi connectivity index (χ0) is 38.3. The number of aromatic nitrogens is 2. The topological polar surface area (TPSA) is 162 Å². The third-order valence-corrected chi connectivity index (χ3v) is 13.3. The molecule has 1 aromatic heterocycles. The summed E-state index contributed by atoms with van der Waals surface area (Å²) in [5, 5.41) is 0. The van der Waals surface area contributed by atoms with Gasteiger partial charge in [-0.2, -0.15) is 0 Å².